The Morgan fingerprint density at radius 2 is 1.87 bits per heavy atom. The molecule has 1 N–H and O–H groups in total. The Kier molecular flexibility index (Phi) is 5.83. The van der Waals surface area contributed by atoms with Crippen LogP contribution in [0.15, 0.2) is 77.4 Å². The molecule has 0 atom stereocenters. The number of ether oxygens (including phenoxy) is 1. The molecular formula is C26H22ClNO3. The van der Waals surface area contributed by atoms with Gasteiger partial charge in [0.2, 0.25) is 5.91 Å². The van der Waals surface area contributed by atoms with Crippen molar-refractivity contribution in [2.45, 2.75) is 13.8 Å². The molecule has 0 spiro atoms. The number of methoxy groups -OCH3 is 1. The highest BCUT2D eigenvalue weighted by Gasteiger charge is 2.15. The lowest BCUT2D eigenvalue weighted by Crippen LogP contribution is -2.08. The van der Waals surface area contributed by atoms with Crippen LogP contribution in [0.1, 0.15) is 18.1 Å². The van der Waals surface area contributed by atoms with E-state index < -0.39 is 0 Å². The molecule has 4 rings (SSSR count). The average molecular weight is 432 g/mol. The van der Waals surface area contributed by atoms with Crippen molar-refractivity contribution in [1.29, 1.82) is 0 Å². The summed E-state index contributed by atoms with van der Waals surface area (Å²) in [7, 11) is 1.60. The van der Waals surface area contributed by atoms with Crippen molar-refractivity contribution < 1.29 is 13.9 Å². The van der Waals surface area contributed by atoms with Crippen LogP contribution >= 0.6 is 11.6 Å². The van der Waals surface area contributed by atoms with E-state index in [9.17, 15) is 4.79 Å². The van der Waals surface area contributed by atoms with Gasteiger partial charge in [-0.2, -0.15) is 0 Å². The van der Waals surface area contributed by atoms with Crippen molar-refractivity contribution in [3.8, 4) is 16.9 Å². The van der Waals surface area contributed by atoms with Crippen LogP contribution in [0.25, 0.3) is 27.7 Å². The van der Waals surface area contributed by atoms with Gasteiger partial charge in [-0.3, -0.25) is 4.79 Å². The fourth-order valence-electron chi connectivity index (χ4n) is 3.51. The first-order chi connectivity index (χ1) is 14.9. The SMILES string of the molecule is COc1cc2occ(-c3ccc(C)cc3)c2cc1/C(C)=C/C(=O)Nc1cccc(Cl)c1. The summed E-state index contributed by atoms with van der Waals surface area (Å²) in [4.78, 5) is 12.6. The van der Waals surface area contributed by atoms with E-state index in [1.165, 1.54) is 5.56 Å². The van der Waals surface area contributed by atoms with Gasteiger partial charge in [-0.05, 0) is 49.2 Å². The van der Waals surface area contributed by atoms with Crippen LogP contribution in [0.3, 0.4) is 0 Å². The quantitative estimate of drug-likeness (QED) is 0.342. The normalized spacial score (nSPS) is 11.5. The van der Waals surface area contributed by atoms with Crippen molar-refractivity contribution >= 4 is 39.7 Å². The number of furan rings is 1. The van der Waals surface area contributed by atoms with Crippen molar-refractivity contribution in [2.75, 3.05) is 12.4 Å². The Labute approximate surface area is 186 Å². The smallest absolute Gasteiger partial charge is 0.248 e. The van der Waals surface area contributed by atoms with E-state index in [0.29, 0.717) is 16.5 Å². The predicted molar refractivity (Wildman–Crippen MR) is 127 cm³/mol. The molecule has 3 aromatic carbocycles. The molecule has 31 heavy (non-hydrogen) atoms. The van der Waals surface area contributed by atoms with Crippen molar-refractivity contribution in [1.82, 2.24) is 0 Å². The van der Waals surface area contributed by atoms with E-state index in [4.69, 9.17) is 20.8 Å². The highest BCUT2D eigenvalue weighted by atomic mass is 35.5. The van der Waals surface area contributed by atoms with Gasteiger partial charge in [0.1, 0.15) is 11.3 Å². The number of amides is 1. The summed E-state index contributed by atoms with van der Waals surface area (Å²) < 4.78 is 11.4. The molecule has 0 aliphatic heterocycles. The van der Waals surface area contributed by atoms with Gasteiger partial charge in [-0.15, -0.1) is 0 Å². The number of halogens is 1. The molecule has 0 aliphatic rings. The first-order valence-corrected chi connectivity index (χ1v) is 10.2. The number of hydrogen-bond acceptors (Lipinski definition) is 3. The highest BCUT2D eigenvalue weighted by molar-refractivity contribution is 6.31. The Bertz CT molecular complexity index is 1290. The first kappa shape index (κ1) is 20.8. The molecule has 0 aliphatic carbocycles. The van der Waals surface area contributed by atoms with E-state index in [1.807, 2.05) is 19.1 Å². The van der Waals surface area contributed by atoms with Crippen LogP contribution < -0.4 is 10.1 Å². The number of rotatable bonds is 5. The lowest BCUT2D eigenvalue weighted by atomic mass is 9.99. The number of aryl methyl sites for hydroxylation is 1. The molecule has 1 heterocycles. The second-order valence-electron chi connectivity index (χ2n) is 7.39. The maximum Gasteiger partial charge on any atom is 0.248 e. The number of nitrogens with one attached hydrogen (secondary N) is 1. The maximum atomic E-state index is 12.6. The monoisotopic (exact) mass is 431 g/mol. The van der Waals surface area contributed by atoms with Crippen LogP contribution in [0.4, 0.5) is 5.69 Å². The fraction of sp³-hybridized carbons (Fsp3) is 0.115. The zero-order valence-electron chi connectivity index (χ0n) is 17.5. The average Bonchev–Trinajstić information content (AvgIpc) is 3.16. The number of anilines is 1. The molecule has 0 fully saturated rings. The van der Waals surface area contributed by atoms with Gasteiger partial charge in [0.05, 0.1) is 13.4 Å². The summed E-state index contributed by atoms with van der Waals surface area (Å²) in [5.74, 6) is 0.398. The Morgan fingerprint density at radius 3 is 2.58 bits per heavy atom. The van der Waals surface area contributed by atoms with E-state index >= 15 is 0 Å². The van der Waals surface area contributed by atoms with Crippen LogP contribution in [0.5, 0.6) is 5.75 Å². The minimum Gasteiger partial charge on any atom is -0.496 e. The molecule has 0 unspecified atom stereocenters. The van der Waals surface area contributed by atoms with Gasteiger partial charge in [-0.25, -0.2) is 0 Å². The van der Waals surface area contributed by atoms with Gasteiger partial charge in [0.15, 0.2) is 0 Å². The second kappa shape index (κ2) is 8.70. The van der Waals surface area contributed by atoms with E-state index in [0.717, 1.165) is 33.2 Å². The number of allylic oxidation sites excluding steroid dienone is 1. The summed E-state index contributed by atoms with van der Waals surface area (Å²) in [5, 5.41) is 4.36. The van der Waals surface area contributed by atoms with Gasteiger partial charge in [-0.1, -0.05) is 47.5 Å². The second-order valence-corrected chi connectivity index (χ2v) is 7.83. The van der Waals surface area contributed by atoms with Crippen LogP contribution in [-0.2, 0) is 4.79 Å². The number of carbonyl (C=O) groups is 1. The molecule has 0 radical (unpaired) electrons. The Balaban J connectivity index is 1.71. The van der Waals surface area contributed by atoms with Crippen LogP contribution in [0, 0.1) is 6.92 Å². The molecule has 0 bridgehead atoms. The third-order valence-electron chi connectivity index (χ3n) is 5.12. The summed E-state index contributed by atoms with van der Waals surface area (Å²) in [6.07, 6.45) is 3.31. The predicted octanol–water partition coefficient (Wildman–Crippen LogP) is 7.11. The van der Waals surface area contributed by atoms with Crippen LogP contribution in [0.2, 0.25) is 5.02 Å². The zero-order chi connectivity index (χ0) is 22.0. The number of benzene rings is 3. The van der Waals surface area contributed by atoms with E-state index in [2.05, 4.69) is 36.5 Å². The standard InChI is InChI=1S/C26H22ClNO3/c1-16-7-9-18(10-8-16)23-15-31-25-14-24(30-3)21(13-22(23)25)17(2)11-26(29)28-20-6-4-5-19(27)12-20/h4-15H,1-3H3,(H,28,29)/b17-11+. The molecule has 1 aromatic heterocycles. The zero-order valence-corrected chi connectivity index (χ0v) is 18.3. The van der Waals surface area contributed by atoms with E-state index in [-0.39, 0.29) is 5.91 Å². The first-order valence-electron chi connectivity index (χ1n) is 9.86. The lowest BCUT2D eigenvalue weighted by molar-refractivity contribution is -0.111. The molecule has 4 nitrogen and oxygen atoms in total. The van der Waals surface area contributed by atoms with Crippen LogP contribution in [-0.4, -0.2) is 13.0 Å². The van der Waals surface area contributed by atoms with Gasteiger partial charge in [0, 0.05) is 39.4 Å². The molecule has 156 valence electrons. The van der Waals surface area contributed by atoms with Crippen molar-refractivity contribution in [3.05, 3.63) is 89.2 Å². The van der Waals surface area contributed by atoms with Gasteiger partial charge in [0.25, 0.3) is 0 Å². The van der Waals surface area contributed by atoms with Crippen molar-refractivity contribution in [3.63, 3.8) is 0 Å². The minimum atomic E-state index is -0.243. The van der Waals surface area contributed by atoms with Gasteiger partial charge >= 0.3 is 0 Å². The summed E-state index contributed by atoms with van der Waals surface area (Å²) in [5.41, 5.74) is 6.23. The minimum absolute atomic E-state index is 0.243. The Hall–Kier alpha value is -3.50. The molecule has 5 heteroatoms. The molecule has 4 aromatic rings. The highest BCUT2D eigenvalue weighted by Crippen LogP contribution is 2.37. The maximum absolute atomic E-state index is 12.6. The third-order valence-corrected chi connectivity index (χ3v) is 5.36. The summed E-state index contributed by atoms with van der Waals surface area (Å²) in [6, 6.07) is 19.2. The summed E-state index contributed by atoms with van der Waals surface area (Å²) >= 11 is 6.00. The fourth-order valence-corrected chi connectivity index (χ4v) is 3.70. The molecule has 0 saturated carbocycles. The van der Waals surface area contributed by atoms with Crippen molar-refractivity contribution in [2.24, 2.45) is 0 Å². The largest absolute Gasteiger partial charge is 0.496 e. The Morgan fingerprint density at radius 1 is 1.10 bits per heavy atom. The number of carbonyl (C=O) groups excluding carboxylic acids is 1. The topological polar surface area (TPSA) is 51.5 Å². The number of hydrogen-bond donors (Lipinski definition) is 1. The lowest BCUT2D eigenvalue weighted by Gasteiger charge is -2.10. The molecule has 1 amide bonds. The van der Waals surface area contributed by atoms with Gasteiger partial charge < -0.3 is 14.5 Å². The summed E-state index contributed by atoms with van der Waals surface area (Å²) in [6.45, 7) is 3.94. The molecule has 0 saturated heterocycles. The van der Waals surface area contributed by atoms with E-state index in [1.54, 1.807) is 43.7 Å². The number of fused-ring (bicyclic) bond motifs is 1. The molecular weight excluding hydrogens is 410 g/mol. The third kappa shape index (κ3) is 4.49.